The Morgan fingerprint density at radius 3 is 2.34 bits per heavy atom. The van der Waals surface area contributed by atoms with Crippen LogP contribution in [0.5, 0.6) is 11.5 Å². The van der Waals surface area contributed by atoms with E-state index in [0.29, 0.717) is 28.1 Å². The highest BCUT2D eigenvalue weighted by Gasteiger charge is 2.14. The van der Waals surface area contributed by atoms with Gasteiger partial charge in [-0.3, -0.25) is 9.88 Å². The van der Waals surface area contributed by atoms with Crippen LogP contribution in [-0.2, 0) is 11.3 Å². The fourth-order valence-electron chi connectivity index (χ4n) is 3.64. The second-order valence-electron chi connectivity index (χ2n) is 7.78. The third kappa shape index (κ3) is 5.98. The molecule has 6 nitrogen and oxygen atoms in total. The van der Waals surface area contributed by atoms with Crippen molar-refractivity contribution in [1.82, 2.24) is 9.88 Å². The summed E-state index contributed by atoms with van der Waals surface area (Å²) in [6.45, 7) is 4.42. The van der Waals surface area contributed by atoms with Gasteiger partial charge in [0.25, 0.3) is 0 Å². The number of rotatable bonds is 7. The van der Waals surface area contributed by atoms with Gasteiger partial charge in [0.2, 0.25) is 0 Å². The predicted molar refractivity (Wildman–Crippen MR) is 128 cm³/mol. The number of morpholine rings is 1. The zero-order valence-electron chi connectivity index (χ0n) is 17.6. The van der Waals surface area contributed by atoms with Crippen LogP contribution in [0.4, 0.5) is 0 Å². The minimum atomic E-state index is -0.292. The van der Waals surface area contributed by atoms with E-state index in [1.807, 2.05) is 36.4 Å². The molecule has 3 aromatic rings. The smallest absolute Gasteiger partial charge is 0.145 e. The third-order valence-electron chi connectivity index (χ3n) is 5.30. The van der Waals surface area contributed by atoms with Crippen molar-refractivity contribution in [3.05, 3.63) is 76.0 Å². The van der Waals surface area contributed by atoms with Crippen LogP contribution in [0.25, 0.3) is 11.1 Å². The van der Waals surface area contributed by atoms with Crippen molar-refractivity contribution < 1.29 is 9.47 Å². The van der Waals surface area contributed by atoms with E-state index in [9.17, 15) is 0 Å². The number of ether oxygens (including phenoxy) is 2. The van der Waals surface area contributed by atoms with Crippen LogP contribution in [0, 0.1) is 0 Å². The second-order valence-corrected chi connectivity index (χ2v) is 8.65. The Hall–Kier alpha value is -2.19. The number of aromatic nitrogens is 1. The first-order valence-corrected chi connectivity index (χ1v) is 11.3. The maximum atomic E-state index is 6.25. The van der Waals surface area contributed by atoms with Crippen molar-refractivity contribution in [2.75, 3.05) is 32.8 Å². The number of nitrogens with zero attached hydrogens (tertiary/aromatic N) is 2. The van der Waals surface area contributed by atoms with Gasteiger partial charge in [-0.15, -0.1) is 0 Å². The van der Waals surface area contributed by atoms with Crippen molar-refractivity contribution in [2.24, 2.45) is 11.5 Å². The van der Waals surface area contributed by atoms with Crippen molar-refractivity contribution in [3.63, 3.8) is 0 Å². The molecule has 4 N–H and O–H groups in total. The quantitative estimate of drug-likeness (QED) is 0.520. The van der Waals surface area contributed by atoms with Crippen LogP contribution in [0.3, 0.4) is 0 Å². The van der Waals surface area contributed by atoms with Crippen molar-refractivity contribution in [1.29, 1.82) is 0 Å². The Balaban J connectivity index is 1.64. The molecule has 1 fully saturated rings. The van der Waals surface area contributed by atoms with Crippen LogP contribution in [0.1, 0.15) is 17.3 Å². The van der Waals surface area contributed by atoms with Crippen LogP contribution < -0.4 is 16.2 Å². The summed E-state index contributed by atoms with van der Waals surface area (Å²) in [5.74, 6) is 1.33. The Kier molecular flexibility index (Phi) is 7.63. The largest absolute Gasteiger partial charge is 0.456 e. The molecule has 8 heteroatoms. The van der Waals surface area contributed by atoms with Gasteiger partial charge in [-0.05, 0) is 65.2 Å². The van der Waals surface area contributed by atoms with Crippen molar-refractivity contribution in [3.8, 4) is 22.6 Å². The number of hydrogen-bond donors (Lipinski definition) is 2. The Morgan fingerprint density at radius 1 is 0.969 bits per heavy atom. The summed E-state index contributed by atoms with van der Waals surface area (Å²) in [6.07, 6.45) is 1.66. The van der Waals surface area contributed by atoms with Crippen LogP contribution in [0.2, 0.25) is 10.0 Å². The molecule has 1 unspecified atom stereocenters. The first kappa shape index (κ1) is 23.0. The molecule has 4 rings (SSSR count). The first-order chi connectivity index (χ1) is 15.5. The topological polar surface area (TPSA) is 86.6 Å². The summed E-state index contributed by atoms with van der Waals surface area (Å²) in [7, 11) is 0. The van der Waals surface area contributed by atoms with Gasteiger partial charge in [0.15, 0.2) is 0 Å². The molecule has 0 bridgehead atoms. The molecule has 1 aromatic heterocycles. The molecule has 0 radical (unpaired) electrons. The SMILES string of the molecule is NCC(N)c1ccc(Oc2cc(CN3CCOCC3)cc(-c3cc(Cl)cc(Cl)c3)c2)cn1. The lowest BCUT2D eigenvalue weighted by Gasteiger charge is -2.27. The number of halogens is 2. The molecule has 1 aliphatic heterocycles. The highest BCUT2D eigenvalue weighted by molar-refractivity contribution is 6.35. The predicted octanol–water partition coefficient (Wildman–Crippen LogP) is 4.64. The van der Waals surface area contributed by atoms with Gasteiger partial charge in [0.05, 0.1) is 31.1 Å². The van der Waals surface area contributed by atoms with E-state index < -0.39 is 0 Å². The molecule has 1 saturated heterocycles. The maximum Gasteiger partial charge on any atom is 0.145 e. The van der Waals surface area contributed by atoms with Crippen molar-refractivity contribution >= 4 is 23.2 Å². The summed E-state index contributed by atoms with van der Waals surface area (Å²) in [5.41, 5.74) is 15.3. The van der Waals surface area contributed by atoms with Gasteiger partial charge < -0.3 is 20.9 Å². The van der Waals surface area contributed by atoms with E-state index in [4.69, 9.17) is 44.1 Å². The van der Waals surface area contributed by atoms with E-state index in [1.54, 1.807) is 12.3 Å². The van der Waals surface area contributed by atoms with Crippen LogP contribution >= 0.6 is 23.2 Å². The summed E-state index contributed by atoms with van der Waals surface area (Å²) in [4.78, 5) is 6.74. The average Bonchev–Trinajstić information content (AvgIpc) is 2.79. The zero-order chi connectivity index (χ0) is 22.5. The van der Waals surface area contributed by atoms with Gasteiger partial charge in [-0.1, -0.05) is 23.2 Å². The van der Waals surface area contributed by atoms with Gasteiger partial charge in [0, 0.05) is 36.2 Å². The monoisotopic (exact) mass is 472 g/mol. The average molecular weight is 473 g/mol. The molecule has 1 aliphatic rings. The summed E-state index contributed by atoms with van der Waals surface area (Å²) >= 11 is 12.5. The molecular formula is C24H26Cl2N4O2. The first-order valence-electron chi connectivity index (χ1n) is 10.5. The van der Waals surface area contributed by atoms with E-state index in [1.165, 1.54) is 0 Å². The third-order valence-corrected chi connectivity index (χ3v) is 5.74. The van der Waals surface area contributed by atoms with Gasteiger partial charge in [0.1, 0.15) is 11.5 Å². The molecule has 0 amide bonds. The lowest BCUT2D eigenvalue weighted by atomic mass is 10.0. The molecular weight excluding hydrogens is 447 g/mol. The number of nitrogens with two attached hydrogens (primary N) is 2. The number of pyridine rings is 1. The fraction of sp³-hybridized carbons (Fsp3) is 0.292. The van der Waals surface area contributed by atoms with E-state index in [2.05, 4.69) is 16.0 Å². The molecule has 2 aromatic carbocycles. The minimum Gasteiger partial charge on any atom is -0.456 e. The lowest BCUT2D eigenvalue weighted by molar-refractivity contribution is 0.0342. The molecule has 168 valence electrons. The highest BCUT2D eigenvalue weighted by atomic mass is 35.5. The molecule has 0 aliphatic carbocycles. The van der Waals surface area contributed by atoms with Gasteiger partial charge in [-0.2, -0.15) is 0 Å². The van der Waals surface area contributed by atoms with Crippen LogP contribution in [0.15, 0.2) is 54.7 Å². The maximum absolute atomic E-state index is 6.25. The van der Waals surface area contributed by atoms with Gasteiger partial charge >= 0.3 is 0 Å². The highest BCUT2D eigenvalue weighted by Crippen LogP contribution is 2.33. The normalized spacial score (nSPS) is 15.5. The Labute approximate surface area is 198 Å². The van der Waals surface area contributed by atoms with Crippen molar-refractivity contribution in [2.45, 2.75) is 12.6 Å². The summed E-state index contributed by atoms with van der Waals surface area (Å²) in [5, 5.41) is 1.18. The number of hydrogen-bond acceptors (Lipinski definition) is 6. The van der Waals surface area contributed by atoms with E-state index >= 15 is 0 Å². The molecule has 32 heavy (non-hydrogen) atoms. The lowest BCUT2D eigenvalue weighted by Crippen LogP contribution is -2.35. The zero-order valence-corrected chi connectivity index (χ0v) is 19.1. The van der Waals surface area contributed by atoms with Gasteiger partial charge in [-0.25, -0.2) is 0 Å². The summed E-state index contributed by atoms with van der Waals surface area (Å²) in [6, 6.07) is 15.1. The fourth-order valence-corrected chi connectivity index (χ4v) is 4.17. The van der Waals surface area contributed by atoms with E-state index in [-0.39, 0.29) is 6.04 Å². The standard InChI is InChI=1S/C24H26Cl2N4O2/c25-19-9-18(10-20(26)12-19)17-7-16(15-30-3-5-31-6-4-30)8-22(11-17)32-21-1-2-24(29-14-21)23(28)13-27/h1-2,7-12,14,23H,3-6,13,15,27-28H2. The molecule has 0 spiro atoms. The molecule has 2 heterocycles. The Bertz CT molecular complexity index is 1040. The van der Waals surface area contributed by atoms with Crippen LogP contribution in [-0.4, -0.2) is 42.7 Å². The Morgan fingerprint density at radius 2 is 1.69 bits per heavy atom. The number of benzene rings is 2. The minimum absolute atomic E-state index is 0.292. The molecule has 0 saturated carbocycles. The second kappa shape index (κ2) is 10.6. The van der Waals surface area contributed by atoms with E-state index in [0.717, 1.165) is 55.2 Å². The summed E-state index contributed by atoms with van der Waals surface area (Å²) < 4.78 is 11.6. The molecule has 1 atom stereocenters.